The fourth-order valence-electron chi connectivity index (χ4n) is 4.57. The second-order valence-electron chi connectivity index (χ2n) is 7.80. The molecular weight excluding hydrogens is 370 g/mol. The zero-order valence-corrected chi connectivity index (χ0v) is 16.1. The van der Waals surface area contributed by atoms with E-state index in [-0.39, 0.29) is 12.5 Å². The number of aliphatic hydroxyl groups excluding tert-OH is 1. The van der Waals surface area contributed by atoms with E-state index in [0.29, 0.717) is 12.8 Å². The van der Waals surface area contributed by atoms with Crippen molar-refractivity contribution in [3.05, 3.63) is 59.7 Å². The summed E-state index contributed by atoms with van der Waals surface area (Å²) in [6.07, 6.45) is 0.693. The van der Waals surface area contributed by atoms with Gasteiger partial charge in [0.15, 0.2) is 0 Å². The molecule has 4 rings (SSSR count). The van der Waals surface area contributed by atoms with Crippen LogP contribution in [0.3, 0.4) is 0 Å². The number of carboxylic acid groups (broad SMARTS) is 1. The molecule has 6 nitrogen and oxygen atoms in total. The second kappa shape index (κ2) is 8.25. The highest BCUT2D eigenvalue weighted by Crippen LogP contribution is 2.44. The lowest BCUT2D eigenvalue weighted by Crippen LogP contribution is -2.47. The molecule has 3 N–H and O–H groups in total. The summed E-state index contributed by atoms with van der Waals surface area (Å²) in [6.45, 7) is 0.186. The molecule has 1 amide bonds. The molecule has 2 aromatic carbocycles. The fourth-order valence-corrected chi connectivity index (χ4v) is 4.57. The van der Waals surface area contributed by atoms with Gasteiger partial charge in [-0.05, 0) is 35.1 Å². The van der Waals surface area contributed by atoms with Crippen LogP contribution in [0.5, 0.6) is 0 Å². The van der Waals surface area contributed by atoms with E-state index in [9.17, 15) is 19.8 Å². The minimum Gasteiger partial charge on any atom is -0.481 e. The van der Waals surface area contributed by atoms with Gasteiger partial charge >= 0.3 is 12.1 Å². The molecule has 0 bridgehead atoms. The first-order chi connectivity index (χ1) is 14.1. The van der Waals surface area contributed by atoms with E-state index in [0.717, 1.165) is 35.1 Å². The number of aliphatic hydroxyl groups is 1. The van der Waals surface area contributed by atoms with Crippen molar-refractivity contribution in [2.24, 2.45) is 5.92 Å². The Bertz CT molecular complexity index is 866. The van der Waals surface area contributed by atoms with Gasteiger partial charge in [0, 0.05) is 5.92 Å². The van der Waals surface area contributed by atoms with Gasteiger partial charge in [-0.15, -0.1) is 0 Å². The number of carboxylic acids is 1. The third-order valence-electron chi connectivity index (χ3n) is 6.07. The Morgan fingerprint density at radius 3 is 2.17 bits per heavy atom. The molecule has 1 fully saturated rings. The standard InChI is InChI=1S/C23H25NO5/c25-21-18(22(26)27)11-5-6-12-20(21)24-23(28)29-13-19-16-9-3-1-7-14(16)15-8-2-4-10-17(15)19/h1-4,7-10,18-21,25H,5-6,11-13H2,(H,24,28)(H,26,27)/t18-,20-,21-/m1/s1. The molecule has 0 saturated heterocycles. The SMILES string of the molecule is O=C(N[C@@H]1CCCC[C@@H](C(=O)O)[C@H]1O)OCC1c2ccccc2-c2ccccc21. The van der Waals surface area contributed by atoms with E-state index in [1.165, 1.54) is 0 Å². The van der Waals surface area contributed by atoms with Gasteiger partial charge in [0.05, 0.1) is 18.1 Å². The van der Waals surface area contributed by atoms with Crippen LogP contribution in [0.4, 0.5) is 4.79 Å². The number of alkyl carbamates (subject to hydrolysis) is 1. The summed E-state index contributed by atoms with van der Waals surface area (Å²) in [5, 5.41) is 22.4. The predicted molar refractivity (Wildman–Crippen MR) is 108 cm³/mol. The Labute approximate surface area is 169 Å². The van der Waals surface area contributed by atoms with Crippen LogP contribution in [0.25, 0.3) is 11.1 Å². The molecule has 2 aliphatic carbocycles. The molecule has 152 valence electrons. The molecule has 3 atom stereocenters. The molecule has 0 unspecified atom stereocenters. The summed E-state index contributed by atoms with van der Waals surface area (Å²) in [6, 6.07) is 15.6. The summed E-state index contributed by atoms with van der Waals surface area (Å²) in [5.74, 6) is -1.94. The highest BCUT2D eigenvalue weighted by atomic mass is 16.5. The molecule has 0 aromatic heterocycles. The van der Waals surface area contributed by atoms with Crippen molar-refractivity contribution in [2.75, 3.05) is 6.61 Å². The Balaban J connectivity index is 1.43. The predicted octanol–water partition coefficient (Wildman–Crippen LogP) is 3.53. The van der Waals surface area contributed by atoms with Crippen molar-refractivity contribution in [2.45, 2.75) is 43.7 Å². The zero-order chi connectivity index (χ0) is 20.4. The molecule has 1 saturated carbocycles. The maximum absolute atomic E-state index is 12.4. The molecule has 2 aromatic rings. The monoisotopic (exact) mass is 395 g/mol. The van der Waals surface area contributed by atoms with Gasteiger partial charge in [-0.2, -0.15) is 0 Å². The molecule has 0 heterocycles. The van der Waals surface area contributed by atoms with Crippen LogP contribution >= 0.6 is 0 Å². The lowest BCUT2D eigenvalue weighted by atomic mass is 9.95. The van der Waals surface area contributed by atoms with Crippen LogP contribution in [0.15, 0.2) is 48.5 Å². The van der Waals surface area contributed by atoms with Crippen molar-refractivity contribution in [3.8, 4) is 11.1 Å². The van der Waals surface area contributed by atoms with E-state index in [4.69, 9.17) is 4.74 Å². The van der Waals surface area contributed by atoms with E-state index in [1.807, 2.05) is 36.4 Å². The average Bonchev–Trinajstić information content (AvgIpc) is 2.92. The molecule has 2 aliphatic rings. The quantitative estimate of drug-likeness (QED) is 0.689. The number of nitrogens with one attached hydrogen (secondary N) is 1. The van der Waals surface area contributed by atoms with E-state index in [1.54, 1.807) is 0 Å². The minimum absolute atomic E-state index is 0.0426. The van der Waals surface area contributed by atoms with Crippen LogP contribution in [0, 0.1) is 5.92 Å². The molecule has 6 heteroatoms. The highest BCUT2D eigenvalue weighted by Gasteiger charge is 2.36. The van der Waals surface area contributed by atoms with Gasteiger partial charge in [0.2, 0.25) is 0 Å². The lowest BCUT2D eigenvalue weighted by Gasteiger charge is -2.25. The summed E-state index contributed by atoms with van der Waals surface area (Å²) < 4.78 is 5.52. The van der Waals surface area contributed by atoms with Gasteiger partial charge in [0.1, 0.15) is 6.61 Å². The van der Waals surface area contributed by atoms with Crippen LogP contribution in [0.1, 0.15) is 42.7 Å². The van der Waals surface area contributed by atoms with Crippen molar-refractivity contribution in [3.63, 3.8) is 0 Å². The van der Waals surface area contributed by atoms with Gasteiger partial charge in [-0.3, -0.25) is 4.79 Å². The first-order valence-electron chi connectivity index (χ1n) is 10.1. The van der Waals surface area contributed by atoms with Crippen LogP contribution in [-0.4, -0.2) is 41.0 Å². The number of carbonyl (C=O) groups is 2. The number of amides is 1. The Kier molecular flexibility index (Phi) is 5.53. The third kappa shape index (κ3) is 3.85. The van der Waals surface area contributed by atoms with Crippen molar-refractivity contribution in [1.82, 2.24) is 5.32 Å². The molecular formula is C23H25NO5. The Morgan fingerprint density at radius 2 is 1.55 bits per heavy atom. The number of fused-ring (bicyclic) bond motifs is 3. The normalized spacial score (nSPS) is 23.6. The largest absolute Gasteiger partial charge is 0.481 e. The lowest BCUT2D eigenvalue weighted by molar-refractivity contribution is -0.146. The first-order valence-corrected chi connectivity index (χ1v) is 10.1. The number of carbonyl (C=O) groups excluding carboxylic acids is 1. The maximum Gasteiger partial charge on any atom is 0.407 e. The molecule has 0 aliphatic heterocycles. The summed E-state index contributed by atoms with van der Waals surface area (Å²) in [4.78, 5) is 23.8. The number of aliphatic carboxylic acids is 1. The van der Waals surface area contributed by atoms with Crippen LogP contribution < -0.4 is 5.32 Å². The Hall–Kier alpha value is -2.86. The number of benzene rings is 2. The topological polar surface area (TPSA) is 95.9 Å². The third-order valence-corrected chi connectivity index (χ3v) is 6.07. The number of ether oxygens (including phenoxy) is 1. The number of hydrogen-bond donors (Lipinski definition) is 3. The summed E-state index contributed by atoms with van der Waals surface area (Å²) in [7, 11) is 0. The molecule has 0 radical (unpaired) electrons. The van der Waals surface area contributed by atoms with E-state index < -0.39 is 30.1 Å². The average molecular weight is 395 g/mol. The van der Waals surface area contributed by atoms with Gasteiger partial charge in [-0.1, -0.05) is 61.4 Å². The van der Waals surface area contributed by atoms with Gasteiger partial charge in [-0.25, -0.2) is 4.79 Å². The number of rotatable bonds is 4. The van der Waals surface area contributed by atoms with E-state index in [2.05, 4.69) is 17.4 Å². The summed E-state index contributed by atoms with van der Waals surface area (Å²) >= 11 is 0. The summed E-state index contributed by atoms with van der Waals surface area (Å²) in [5.41, 5.74) is 4.56. The van der Waals surface area contributed by atoms with Crippen LogP contribution in [0.2, 0.25) is 0 Å². The molecule has 0 spiro atoms. The van der Waals surface area contributed by atoms with Gasteiger partial charge < -0.3 is 20.3 Å². The molecule has 29 heavy (non-hydrogen) atoms. The van der Waals surface area contributed by atoms with Crippen molar-refractivity contribution < 1.29 is 24.5 Å². The van der Waals surface area contributed by atoms with E-state index >= 15 is 0 Å². The highest BCUT2D eigenvalue weighted by molar-refractivity contribution is 5.79. The second-order valence-corrected chi connectivity index (χ2v) is 7.80. The zero-order valence-electron chi connectivity index (χ0n) is 16.1. The fraction of sp³-hybridized carbons (Fsp3) is 0.391. The van der Waals surface area contributed by atoms with Crippen molar-refractivity contribution >= 4 is 12.1 Å². The maximum atomic E-state index is 12.4. The minimum atomic E-state index is -1.12. The van der Waals surface area contributed by atoms with Gasteiger partial charge in [0.25, 0.3) is 0 Å². The van der Waals surface area contributed by atoms with Crippen LogP contribution in [-0.2, 0) is 9.53 Å². The van der Waals surface area contributed by atoms with Crippen molar-refractivity contribution in [1.29, 1.82) is 0 Å². The Morgan fingerprint density at radius 1 is 0.966 bits per heavy atom. The first kappa shape index (κ1) is 19.5. The number of hydrogen-bond acceptors (Lipinski definition) is 4. The smallest absolute Gasteiger partial charge is 0.407 e.